The Labute approximate surface area is 158 Å². The van der Waals surface area contributed by atoms with Crippen molar-refractivity contribution in [3.8, 4) is 16.9 Å². The zero-order valence-electron chi connectivity index (χ0n) is 15.4. The molecule has 6 heteroatoms. The average Bonchev–Trinajstić information content (AvgIpc) is 3.47. The minimum Gasteiger partial charge on any atom is -0.496 e. The molecule has 0 radical (unpaired) electrons. The number of carbonyl (C=O) groups is 1. The van der Waals surface area contributed by atoms with Gasteiger partial charge < -0.3 is 10.1 Å². The first-order valence-electron chi connectivity index (χ1n) is 9.05. The van der Waals surface area contributed by atoms with Gasteiger partial charge in [-0.15, -0.1) is 0 Å². The van der Waals surface area contributed by atoms with Crippen LogP contribution in [0.2, 0.25) is 0 Å². The Morgan fingerprint density at radius 1 is 1.19 bits per heavy atom. The number of para-hydroxylation sites is 1. The van der Waals surface area contributed by atoms with E-state index in [2.05, 4.69) is 15.4 Å². The summed E-state index contributed by atoms with van der Waals surface area (Å²) < 4.78 is 7.15. The first kappa shape index (κ1) is 17.3. The van der Waals surface area contributed by atoms with Crippen molar-refractivity contribution < 1.29 is 9.53 Å². The predicted octanol–water partition coefficient (Wildman–Crippen LogP) is 3.37. The molecule has 27 heavy (non-hydrogen) atoms. The van der Waals surface area contributed by atoms with Crippen LogP contribution in [0.25, 0.3) is 11.1 Å². The molecule has 0 aliphatic heterocycles. The number of ether oxygens (including phenoxy) is 1. The normalized spacial score (nSPS) is 14.6. The highest BCUT2D eigenvalue weighted by atomic mass is 16.5. The van der Waals surface area contributed by atoms with Gasteiger partial charge in [0.2, 0.25) is 0 Å². The smallest absolute Gasteiger partial charge is 0.251 e. The van der Waals surface area contributed by atoms with Crippen LogP contribution in [0.5, 0.6) is 5.75 Å². The second-order valence-corrected chi connectivity index (χ2v) is 6.81. The largest absolute Gasteiger partial charge is 0.496 e. The number of nitrogens with zero attached hydrogens (tertiary/aromatic N) is 3. The Hall–Kier alpha value is -3.15. The van der Waals surface area contributed by atoms with E-state index in [1.165, 1.54) is 6.33 Å². The standard InChI is InChI=1S/C21H22N4O2/c1-25-20(22-13-23-25)19(15-9-10-15)24-21(26)16-11-7-14(8-12-16)17-5-3-4-6-18(17)27-2/h3-8,11-13,15,19H,9-10H2,1-2H3,(H,24,26)/t19-/m0/s1. The summed E-state index contributed by atoms with van der Waals surface area (Å²) in [6, 6.07) is 15.3. The van der Waals surface area contributed by atoms with E-state index in [9.17, 15) is 4.79 Å². The topological polar surface area (TPSA) is 69.0 Å². The lowest BCUT2D eigenvalue weighted by Gasteiger charge is -2.17. The van der Waals surface area contributed by atoms with Gasteiger partial charge >= 0.3 is 0 Å². The van der Waals surface area contributed by atoms with Crippen LogP contribution in [-0.4, -0.2) is 27.8 Å². The van der Waals surface area contributed by atoms with Gasteiger partial charge in [-0.2, -0.15) is 5.10 Å². The van der Waals surface area contributed by atoms with Gasteiger partial charge in [-0.1, -0.05) is 30.3 Å². The van der Waals surface area contributed by atoms with Crippen LogP contribution in [0, 0.1) is 5.92 Å². The number of rotatable bonds is 6. The number of carbonyl (C=O) groups excluding carboxylic acids is 1. The van der Waals surface area contributed by atoms with Crippen molar-refractivity contribution in [2.45, 2.75) is 18.9 Å². The van der Waals surface area contributed by atoms with E-state index in [1.54, 1.807) is 11.8 Å². The molecular formula is C21H22N4O2. The Kier molecular flexibility index (Phi) is 4.62. The van der Waals surface area contributed by atoms with Crippen LogP contribution in [0.4, 0.5) is 0 Å². The van der Waals surface area contributed by atoms with Crippen LogP contribution >= 0.6 is 0 Å². The lowest BCUT2D eigenvalue weighted by atomic mass is 10.0. The Morgan fingerprint density at radius 2 is 1.93 bits per heavy atom. The van der Waals surface area contributed by atoms with E-state index >= 15 is 0 Å². The SMILES string of the molecule is COc1ccccc1-c1ccc(C(=O)N[C@H](c2ncnn2C)C2CC2)cc1. The molecule has 3 aromatic rings. The number of benzene rings is 2. The zero-order chi connectivity index (χ0) is 18.8. The number of amides is 1. The summed E-state index contributed by atoms with van der Waals surface area (Å²) in [4.78, 5) is 17.1. The summed E-state index contributed by atoms with van der Waals surface area (Å²) in [5, 5.41) is 7.26. The molecular weight excluding hydrogens is 340 g/mol. The third-order valence-electron chi connectivity index (χ3n) is 4.97. The maximum atomic E-state index is 12.8. The molecule has 4 rings (SSSR count). The lowest BCUT2D eigenvalue weighted by Crippen LogP contribution is -2.31. The van der Waals surface area contributed by atoms with Crippen LogP contribution in [0.1, 0.15) is 35.1 Å². The van der Waals surface area contributed by atoms with Gasteiger partial charge in [0.1, 0.15) is 17.9 Å². The van der Waals surface area contributed by atoms with E-state index in [0.717, 1.165) is 35.5 Å². The van der Waals surface area contributed by atoms with E-state index in [1.807, 2.05) is 55.6 Å². The molecule has 1 heterocycles. The quantitative estimate of drug-likeness (QED) is 0.730. The minimum absolute atomic E-state index is 0.0959. The van der Waals surface area contributed by atoms with Crippen molar-refractivity contribution in [3.63, 3.8) is 0 Å². The first-order chi connectivity index (χ1) is 13.2. The third kappa shape index (κ3) is 3.56. The van der Waals surface area contributed by atoms with Crippen molar-refractivity contribution in [2.75, 3.05) is 7.11 Å². The average molecular weight is 362 g/mol. The Morgan fingerprint density at radius 3 is 2.56 bits per heavy atom. The Balaban J connectivity index is 1.53. The number of methoxy groups -OCH3 is 1. The van der Waals surface area contributed by atoms with Crippen LogP contribution < -0.4 is 10.1 Å². The van der Waals surface area contributed by atoms with E-state index < -0.39 is 0 Å². The fourth-order valence-electron chi connectivity index (χ4n) is 3.32. The maximum Gasteiger partial charge on any atom is 0.251 e. The monoisotopic (exact) mass is 362 g/mol. The molecule has 6 nitrogen and oxygen atoms in total. The summed E-state index contributed by atoms with van der Waals surface area (Å²) in [5.74, 6) is 1.95. The van der Waals surface area contributed by atoms with Crippen molar-refractivity contribution in [2.24, 2.45) is 13.0 Å². The molecule has 1 aliphatic rings. The fraction of sp³-hybridized carbons (Fsp3) is 0.286. The molecule has 2 aromatic carbocycles. The van der Waals surface area contributed by atoms with Crippen LogP contribution in [-0.2, 0) is 7.05 Å². The van der Waals surface area contributed by atoms with Gasteiger partial charge in [0.15, 0.2) is 0 Å². The molecule has 1 N–H and O–H groups in total. The molecule has 1 fully saturated rings. The molecule has 1 amide bonds. The molecule has 1 aromatic heterocycles. The van der Waals surface area contributed by atoms with Gasteiger partial charge in [0.05, 0.1) is 13.2 Å². The number of hydrogen-bond acceptors (Lipinski definition) is 4. The van der Waals surface area contributed by atoms with Crippen molar-refractivity contribution in [1.29, 1.82) is 0 Å². The molecule has 1 aliphatic carbocycles. The third-order valence-corrected chi connectivity index (χ3v) is 4.97. The van der Waals surface area contributed by atoms with Crippen molar-refractivity contribution in [1.82, 2.24) is 20.1 Å². The summed E-state index contributed by atoms with van der Waals surface area (Å²) in [7, 11) is 3.51. The summed E-state index contributed by atoms with van der Waals surface area (Å²) in [6.45, 7) is 0. The second-order valence-electron chi connectivity index (χ2n) is 6.81. The molecule has 0 unspecified atom stereocenters. The second kappa shape index (κ2) is 7.23. The highest BCUT2D eigenvalue weighted by Gasteiger charge is 2.36. The predicted molar refractivity (Wildman–Crippen MR) is 102 cm³/mol. The van der Waals surface area contributed by atoms with Gasteiger partial charge in [0.25, 0.3) is 5.91 Å². The fourth-order valence-corrected chi connectivity index (χ4v) is 3.32. The maximum absolute atomic E-state index is 12.8. The molecule has 1 atom stereocenters. The Bertz CT molecular complexity index is 945. The lowest BCUT2D eigenvalue weighted by molar-refractivity contribution is 0.0929. The first-order valence-corrected chi connectivity index (χ1v) is 9.05. The summed E-state index contributed by atoms with van der Waals surface area (Å²) >= 11 is 0. The molecule has 0 bridgehead atoms. The van der Waals surface area contributed by atoms with Crippen LogP contribution in [0.15, 0.2) is 54.9 Å². The van der Waals surface area contributed by atoms with Gasteiger partial charge in [-0.05, 0) is 42.5 Å². The zero-order valence-corrected chi connectivity index (χ0v) is 15.4. The van der Waals surface area contributed by atoms with Gasteiger partial charge in [-0.3, -0.25) is 9.48 Å². The van der Waals surface area contributed by atoms with Crippen molar-refractivity contribution in [3.05, 3.63) is 66.2 Å². The van der Waals surface area contributed by atoms with Crippen molar-refractivity contribution >= 4 is 5.91 Å². The molecule has 0 saturated heterocycles. The van der Waals surface area contributed by atoms with E-state index in [4.69, 9.17) is 4.74 Å². The van der Waals surface area contributed by atoms with Gasteiger partial charge in [-0.25, -0.2) is 4.98 Å². The molecule has 138 valence electrons. The highest BCUT2D eigenvalue weighted by Crippen LogP contribution is 2.40. The van der Waals surface area contributed by atoms with E-state index in [0.29, 0.717) is 11.5 Å². The number of aromatic nitrogens is 3. The number of aryl methyl sites for hydroxylation is 1. The number of nitrogens with one attached hydrogen (secondary N) is 1. The number of hydrogen-bond donors (Lipinski definition) is 1. The van der Waals surface area contributed by atoms with Crippen LogP contribution in [0.3, 0.4) is 0 Å². The highest BCUT2D eigenvalue weighted by molar-refractivity contribution is 5.95. The summed E-state index contributed by atoms with van der Waals surface area (Å²) in [6.07, 6.45) is 3.73. The molecule has 0 spiro atoms. The molecule has 1 saturated carbocycles. The van der Waals surface area contributed by atoms with Gasteiger partial charge in [0, 0.05) is 18.2 Å². The minimum atomic E-state index is -0.0982. The summed E-state index contributed by atoms with van der Waals surface area (Å²) in [5.41, 5.74) is 2.64. The van der Waals surface area contributed by atoms with E-state index in [-0.39, 0.29) is 11.9 Å².